The number of amides is 1. The van der Waals surface area contributed by atoms with Crippen LogP contribution < -0.4 is 5.32 Å². The van der Waals surface area contributed by atoms with E-state index in [0.29, 0.717) is 11.8 Å². The summed E-state index contributed by atoms with van der Waals surface area (Å²) in [6.45, 7) is 9.27. The SMILES string of the molecule is CCCC1(C)CCCN(C(=NC)NCc2ccc(CN3CCCC3=O)cc2)C1. The molecule has 1 aromatic rings. The van der Waals surface area contributed by atoms with Crippen LogP contribution in [0.2, 0.25) is 0 Å². The highest BCUT2D eigenvalue weighted by Gasteiger charge is 2.31. The molecule has 0 aliphatic carbocycles. The minimum Gasteiger partial charge on any atom is -0.352 e. The number of nitrogens with one attached hydrogen (secondary N) is 1. The molecule has 2 aliphatic heterocycles. The molecule has 154 valence electrons. The van der Waals surface area contributed by atoms with E-state index < -0.39 is 0 Å². The number of carbonyl (C=O) groups excluding carboxylic acids is 1. The Morgan fingerprint density at radius 2 is 1.93 bits per heavy atom. The third-order valence-corrected chi connectivity index (χ3v) is 6.16. The molecule has 1 aromatic carbocycles. The van der Waals surface area contributed by atoms with E-state index in [1.165, 1.54) is 36.8 Å². The standard InChI is InChI=1S/C23H36N4O/c1-4-12-23(2)13-6-15-27(18-23)22(24-3)25-16-19-8-10-20(11-9-19)17-26-14-5-7-21(26)28/h8-11H,4-7,12-18H2,1-3H3,(H,24,25). The van der Waals surface area contributed by atoms with E-state index in [1.807, 2.05) is 11.9 Å². The molecule has 3 rings (SSSR count). The zero-order chi connectivity index (χ0) is 20.0. The van der Waals surface area contributed by atoms with Gasteiger partial charge < -0.3 is 15.1 Å². The second-order valence-electron chi connectivity index (χ2n) is 8.72. The maximum atomic E-state index is 11.8. The van der Waals surface area contributed by atoms with E-state index in [9.17, 15) is 4.79 Å². The first-order chi connectivity index (χ1) is 13.5. The predicted molar refractivity (Wildman–Crippen MR) is 115 cm³/mol. The monoisotopic (exact) mass is 384 g/mol. The predicted octanol–water partition coefficient (Wildman–Crippen LogP) is 3.79. The average Bonchev–Trinajstić information content (AvgIpc) is 3.08. The van der Waals surface area contributed by atoms with Crippen LogP contribution in [-0.2, 0) is 17.9 Å². The maximum absolute atomic E-state index is 11.8. The summed E-state index contributed by atoms with van der Waals surface area (Å²) < 4.78 is 0. The summed E-state index contributed by atoms with van der Waals surface area (Å²) in [5.74, 6) is 1.29. The third-order valence-electron chi connectivity index (χ3n) is 6.16. The first kappa shape index (κ1) is 20.7. The second kappa shape index (κ2) is 9.44. The number of piperidine rings is 1. The molecule has 2 fully saturated rings. The van der Waals surface area contributed by atoms with Gasteiger partial charge >= 0.3 is 0 Å². The van der Waals surface area contributed by atoms with Gasteiger partial charge in [-0.25, -0.2) is 0 Å². The van der Waals surface area contributed by atoms with Crippen molar-refractivity contribution in [3.05, 3.63) is 35.4 Å². The van der Waals surface area contributed by atoms with Crippen LogP contribution >= 0.6 is 0 Å². The van der Waals surface area contributed by atoms with Crippen LogP contribution in [-0.4, -0.2) is 48.3 Å². The molecule has 1 amide bonds. The average molecular weight is 385 g/mol. The summed E-state index contributed by atoms with van der Waals surface area (Å²) in [5.41, 5.74) is 2.85. The molecular formula is C23H36N4O. The molecule has 5 nitrogen and oxygen atoms in total. The van der Waals surface area contributed by atoms with Crippen molar-refractivity contribution in [2.75, 3.05) is 26.7 Å². The van der Waals surface area contributed by atoms with Gasteiger partial charge in [-0.15, -0.1) is 0 Å². The molecule has 1 N–H and O–H groups in total. The lowest BCUT2D eigenvalue weighted by atomic mass is 9.78. The van der Waals surface area contributed by atoms with Crippen LogP contribution in [0.1, 0.15) is 63.5 Å². The van der Waals surface area contributed by atoms with E-state index in [-0.39, 0.29) is 5.91 Å². The Morgan fingerprint density at radius 1 is 1.18 bits per heavy atom. The van der Waals surface area contributed by atoms with Crippen LogP contribution in [0, 0.1) is 5.41 Å². The number of guanidine groups is 1. The van der Waals surface area contributed by atoms with Crippen LogP contribution in [0.4, 0.5) is 0 Å². The highest BCUT2D eigenvalue weighted by molar-refractivity contribution is 5.80. The van der Waals surface area contributed by atoms with Gasteiger partial charge in [-0.2, -0.15) is 0 Å². The molecule has 1 unspecified atom stereocenters. The summed E-state index contributed by atoms with van der Waals surface area (Å²) >= 11 is 0. The molecule has 0 spiro atoms. The summed E-state index contributed by atoms with van der Waals surface area (Å²) in [6.07, 6.45) is 6.77. The first-order valence-electron chi connectivity index (χ1n) is 10.8. The van der Waals surface area contributed by atoms with Crippen molar-refractivity contribution in [1.82, 2.24) is 15.1 Å². The van der Waals surface area contributed by atoms with E-state index in [4.69, 9.17) is 0 Å². The number of benzene rings is 1. The van der Waals surface area contributed by atoms with Crippen LogP contribution in [0.15, 0.2) is 29.3 Å². The lowest BCUT2D eigenvalue weighted by molar-refractivity contribution is -0.128. The molecule has 0 bridgehead atoms. The fourth-order valence-corrected chi connectivity index (χ4v) is 4.67. The number of hydrogen-bond donors (Lipinski definition) is 1. The summed E-state index contributed by atoms with van der Waals surface area (Å²) in [7, 11) is 1.88. The van der Waals surface area contributed by atoms with Gasteiger partial charge in [0.2, 0.25) is 5.91 Å². The molecule has 0 saturated carbocycles. The van der Waals surface area contributed by atoms with Gasteiger partial charge in [-0.1, -0.05) is 44.5 Å². The Kier molecular flexibility index (Phi) is 6.97. The van der Waals surface area contributed by atoms with Gasteiger partial charge in [0, 0.05) is 46.2 Å². The van der Waals surface area contributed by atoms with E-state index in [2.05, 4.69) is 53.3 Å². The molecule has 1 atom stereocenters. The normalized spacial score (nSPS) is 23.4. The smallest absolute Gasteiger partial charge is 0.222 e. The molecule has 0 radical (unpaired) electrons. The molecule has 28 heavy (non-hydrogen) atoms. The number of hydrogen-bond acceptors (Lipinski definition) is 2. The summed E-state index contributed by atoms with van der Waals surface area (Å²) in [4.78, 5) is 20.7. The fourth-order valence-electron chi connectivity index (χ4n) is 4.67. The summed E-state index contributed by atoms with van der Waals surface area (Å²) in [6, 6.07) is 8.61. The lowest BCUT2D eigenvalue weighted by Crippen LogP contribution is -2.49. The van der Waals surface area contributed by atoms with E-state index in [1.54, 1.807) is 0 Å². The minimum absolute atomic E-state index is 0.283. The highest BCUT2D eigenvalue weighted by Crippen LogP contribution is 2.33. The fraction of sp³-hybridized carbons (Fsp3) is 0.652. The van der Waals surface area contributed by atoms with Crippen LogP contribution in [0.5, 0.6) is 0 Å². The Labute approximate surface area is 170 Å². The number of rotatable bonds is 6. The Hall–Kier alpha value is -2.04. The lowest BCUT2D eigenvalue weighted by Gasteiger charge is -2.42. The minimum atomic E-state index is 0.283. The van der Waals surface area contributed by atoms with Gasteiger partial charge in [0.15, 0.2) is 5.96 Å². The van der Waals surface area contributed by atoms with Crippen molar-refractivity contribution >= 4 is 11.9 Å². The molecule has 2 saturated heterocycles. The first-order valence-corrected chi connectivity index (χ1v) is 10.8. The van der Waals surface area contributed by atoms with Crippen molar-refractivity contribution in [1.29, 1.82) is 0 Å². The molecule has 2 heterocycles. The van der Waals surface area contributed by atoms with Crippen molar-refractivity contribution < 1.29 is 4.79 Å². The quantitative estimate of drug-likeness (QED) is 0.600. The molecule has 2 aliphatic rings. The largest absolute Gasteiger partial charge is 0.352 e. The van der Waals surface area contributed by atoms with Gasteiger partial charge in [-0.3, -0.25) is 9.79 Å². The maximum Gasteiger partial charge on any atom is 0.222 e. The number of likely N-dealkylation sites (tertiary alicyclic amines) is 2. The zero-order valence-corrected chi connectivity index (χ0v) is 17.8. The highest BCUT2D eigenvalue weighted by atomic mass is 16.2. The third kappa shape index (κ3) is 5.27. The van der Waals surface area contributed by atoms with Crippen molar-refractivity contribution in [2.24, 2.45) is 10.4 Å². The Morgan fingerprint density at radius 3 is 2.57 bits per heavy atom. The molecule has 5 heteroatoms. The molecular weight excluding hydrogens is 348 g/mol. The summed E-state index contributed by atoms with van der Waals surface area (Å²) in [5, 5.41) is 3.55. The Bertz CT molecular complexity index is 680. The van der Waals surface area contributed by atoms with Crippen molar-refractivity contribution in [3.63, 3.8) is 0 Å². The van der Waals surface area contributed by atoms with Crippen molar-refractivity contribution in [2.45, 2.75) is 65.5 Å². The number of nitrogens with zero attached hydrogens (tertiary/aromatic N) is 3. The Balaban J connectivity index is 1.53. The van der Waals surface area contributed by atoms with E-state index >= 15 is 0 Å². The molecule has 0 aromatic heterocycles. The van der Waals surface area contributed by atoms with Crippen LogP contribution in [0.3, 0.4) is 0 Å². The zero-order valence-electron chi connectivity index (χ0n) is 17.8. The van der Waals surface area contributed by atoms with Gasteiger partial charge in [0.05, 0.1) is 0 Å². The van der Waals surface area contributed by atoms with E-state index in [0.717, 1.165) is 45.1 Å². The van der Waals surface area contributed by atoms with Gasteiger partial charge in [0.1, 0.15) is 0 Å². The second-order valence-corrected chi connectivity index (χ2v) is 8.72. The number of aliphatic imine (C=N–C) groups is 1. The van der Waals surface area contributed by atoms with Gasteiger partial charge in [-0.05, 0) is 42.2 Å². The van der Waals surface area contributed by atoms with Crippen molar-refractivity contribution in [3.8, 4) is 0 Å². The topological polar surface area (TPSA) is 47.9 Å². The van der Waals surface area contributed by atoms with Crippen LogP contribution in [0.25, 0.3) is 0 Å². The number of carbonyl (C=O) groups is 1. The van der Waals surface area contributed by atoms with Gasteiger partial charge in [0.25, 0.3) is 0 Å².